The second-order valence-electron chi connectivity index (χ2n) is 7.88. The smallest absolute Gasteiger partial charge is 0.267 e. The SMILES string of the molecule is C=CC(=O)NC1CCCCN(S(=O)(=O)c2ccc(C(=O)NCCc3ccccc3)n2C)C1. The van der Waals surface area contributed by atoms with Crippen LogP contribution in [0.4, 0.5) is 0 Å². The Balaban J connectivity index is 1.69. The summed E-state index contributed by atoms with van der Waals surface area (Å²) in [5.41, 5.74) is 1.39. The molecule has 2 heterocycles. The van der Waals surface area contributed by atoms with Crippen LogP contribution in [0.2, 0.25) is 0 Å². The first kappa shape index (κ1) is 23.7. The predicted octanol–water partition coefficient (Wildman–Crippen LogP) is 1.84. The van der Waals surface area contributed by atoms with Gasteiger partial charge < -0.3 is 15.2 Å². The van der Waals surface area contributed by atoms with Gasteiger partial charge in [0.25, 0.3) is 15.9 Å². The molecule has 2 N–H and O–H groups in total. The van der Waals surface area contributed by atoms with E-state index in [1.807, 2.05) is 30.3 Å². The zero-order valence-electron chi connectivity index (χ0n) is 18.3. The molecule has 0 saturated carbocycles. The molecule has 1 aliphatic heterocycles. The van der Waals surface area contributed by atoms with Gasteiger partial charge in [-0.2, -0.15) is 4.31 Å². The van der Waals surface area contributed by atoms with E-state index in [1.165, 1.54) is 27.1 Å². The number of benzene rings is 1. The zero-order chi connectivity index (χ0) is 23.1. The molecule has 2 aromatic rings. The van der Waals surface area contributed by atoms with Crippen molar-refractivity contribution in [1.82, 2.24) is 19.5 Å². The Bertz CT molecular complexity index is 1060. The standard InChI is InChI=1S/C23H30N4O4S/c1-3-21(28)25-19-11-7-8-16-27(17-19)32(30,31)22-13-12-20(26(22)2)23(29)24-15-14-18-9-5-4-6-10-18/h3-6,9-10,12-13,19H,1,7-8,11,14-17H2,2H3,(H,24,29)(H,25,28). The molecule has 0 radical (unpaired) electrons. The number of nitrogens with zero attached hydrogens (tertiary/aromatic N) is 2. The van der Waals surface area contributed by atoms with Gasteiger partial charge in [-0.15, -0.1) is 0 Å². The van der Waals surface area contributed by atoms with Gasteiger partial charge in [0, 0.05) is 32.7 Å². The first-order valence-electron chi connectivity index (χ1n) is 10.7. The quantitative estimate of drug-likeness (QED) is 0.590. The fourth-order valence-electron chi connectivity index (χ4n) is 3.87. The maximum Gasteiger partial charge on any atom is 0.267 e. The summed E-state index contributed by atoms with van der Waals surface area (Å²) in [7, 11) is -2.25. The van der Waals surface area contributed by atoms with Crippen LogP contribution >= 0.6 is 0 Å². The van der Waals surface area contributed by atoms with E-state index in [1.54, 1.807) is 7.05 Å². The number of sulfonamides is 1. The van der Waals surface area contributed by atoms with E-state index in [9.17, 15) is 18.0 Å². The predicted molar refractivity (Wildman–Crippen MR) is 123 cm³/mol. The van der Waals surface area contributed by atoms with E-state index in [0.717, 1.165) is 12.0 Å². The molecule has 0 spiro atoms. The molecule has 0 bridgehead atoms. The van der Waals surface area contributed by atoms with E-state index in [2.05, 4.69) is 17.2 Å². The highest BCUT2D eigenvalue weighted by Gasteiger charge is 2.32. The first-order valence-corrected chi connectivity index (χ1v) is 12.2. The maximum atomic E-state index is 13.3. The molecule has 1 aromatic carbocycles. The van der Waals surface area contributed by atoms with Gasteiger partial charge in [-0.3, -0.25) is 9.59 Å². The molecule has 1 aliphatic rings. The summed E-state index contributed by atoms with van der Waals surface area (Å²) >= 11 is 0. The van der Waals surface area contributed by atoms with Gasteiger partial charge in [0.05, 0.1) is 0 Å². The number of carbonyl (C=O) groups excluding carboxylic acids is 2. The number of rotatable bonds is 8. The van der Waals surface area contributed by atoms with Crippen LogP contribution in [0.15, 0.2) is 60.1 Å². The Labute approximate surface area is 189 Å². The summed E-state index contributed by atoms with van der Waals surface area (Å²) in [5.74, 6) is -0.639. The van der Waals surface area contributed by atoms with Crippen molar-refractivity contribution in [3.8, 4) is 0 Å². The third-order valence-corrected chi connectivity index (χ3v) is 7.57. The van der Waals surface area contributed by atoms with Crippen molar-refractivity contribution in [2.24, 2.45) is 7.05 Å². The molecular formula is C23H30N4O4S. The van der Waals surface area contributed by atoms with Crippen LogP contribution in [0.3, 0.4) is 0 Å². The lowest BCUT2D eigenvalue weighted by molar-refractivity contribution is -0.117. The Morgan fingerprint density at radius 1 is 1.16 bits per heavy atom. The van der Waals surface area contributed by atoms with Crippen LogP contribution in [0.25, 0.3) is 0 Å². The van der Waals surface area contributed by atoms with Crippen molar-refractivity contribution in [3.05, 3.63) is 66.4 Å². The maximum absolute atomic E-state index is 13.3. The van der Waals surface area contributed by atoms with Crippen LogP contribution < -0.4 is 10.6 Å². The number of hydrogen-bond acceptors (Lipinski definition) is 4. The average molecular weight is 459 g/mol. The summed E-state index contributed by atoms with van der Waals surface area (Å²) in [6.07, 6.45) is 4.10. The second-order valence-corrected chi connectivity index (χ2v) is 9.76. The highest BCUT2D eigenvalue weighted by molar-refractivity contribution is 7.89. The van der Waals surface area contributed by atoms with Crippen LogP contribution in [0.1, 0.15) is 35.3 Å². The third-order valence-electron chi connectivity index (χ3n) is 5.62. The Hall–Kier alpha value is -2.91. The topological polar surface area (TPSA) is 101 Å². The molecule has 32 heavy (non-hydrogen) atoms. The van der Waals surface area contributed by atoms with Gasteiger partial charge in [-0.05, 0) is 43.0 Å². The summed E-state index contributed by atoms with van der Waals surface area (Å²) in [6, 6.07) is 12.5. The Morgan fingerprint density at radius 2 is 1.91 bits per heavy atom. The monoisotopic (exact) mass is 458 g/mol. The zero-order valence-corrected chi connectivity index (χ0v) is 19.1. The van der Waals surface area contributed by atoms with Crippen molar-refractivity contribution >= 4 is 21.8 Å². The molecule has 9 heteroatoms. The molecule has 8 nitrogen and oxygen atoms in total. The van der Waals surface area contributed by atoms with Gasteiger partial charge in [-0.1, -0.05) is 43.3 Å². The lowest BCUT2D eigenvalue weighted by Crippen LogP contribution is -2.44. The van der Waals surface area contributed by atoms with E-state index < -0.39 is 10.0 Å². The van der Waals surface area contributed by atoms with Crippen LogP contribution in [0.5, 0.6) is 0 Å². The molecule has 3 rings (SSSR count). The van der Waals surface area contributed by atoms with Crippen LogP contribution in [-0.2, 0) is 28.3 Å². The highest BCUT2D eigenvalue weighted by Crippen LogP contribution is 2.22. The second kappa shape index (κ2) is 10.6. The van der Waals surface area contributed by atoms with E-state index in [-0.39, 0.29) is 35.1 Å². The van der Waals surface area contributed by atoms with Crippen LogP contribution in [-0.4, -0.2) is 54.8 Å². The fraction of sp³-hybridized carbons (Fsp3) is 0.391. The van der Waals surface area contributed by atoms with Crippen molar-refractivity contribution in [1.29, 1.82) is 0 Å². The summed E-state index contributed by atoms with van der Waals surface area (Å²) in [4.78, 5) is 24.3. The number of carbonyl (C=O) groups is 2. The molecule has 2 amide bonds. The number of nitrogens with one attached hydrogen (secondary N) is 2. The molecule has 0 aliphatic carbocycles. The van der Waals surface area contributed by atoms with Gasteiger partial charge >= 0.3 is 0 Å². The molecule has 1 unspecified atom stereocenters. The highest BCUT2D eigenvalue weighted by atomic mass is 32.2. The summed E-state index contributed by atoms with van der Waals surface area (Å²) in [5, 5.41) is 5.71. The number of aromatic nitrogens is 1. The summed E-state index contributed by atoms with van der Waals surface area (Å²) < 4.78 is 29.5. The molecule has 1 fully saturated rings. The van der Waals surface area contributed by atoms with Gasteiger partial charge in [0.1, 0.15) is 5.69 Å². The van der Waals surface area contributed by atoms with Crippen molar-refractivity contribution in [2.45, 2.75) is 36.8 Å². The minimum Gasteiger partial charge on any atom is -0.350 e. The van der Waals surface area contributed by atoms with Crippen molar-refractivity contribution in [3.63, 3.8) is 0 Å². The molecule has 1 atom stereocenters. The van der Waals surface area contributed by atoms with Gasteiger partial charge in [-0.25, -0.2) is 8.42 Å². The number of amides is 2. The third kappa shape index (κ3) is 5.66. The summed E-state index contributed by atoms with van der Waals surface area (Å²) in [6.45, 7) is 4.45. The largest absolute Gasteiger partial charge is 0.350 e. The van der Waals surface area contributed by atoms with E-state index in [0.29, 0.717) is 32.4 Å². The Morgan fingerprint density at radius 3 is 2.62 bits per heavy atom. The normalized spacial score (nSPS) is 17.3. The molecular weight excluding hydrogens is 428 g/mol. The minimum absolute atomic E-state index is 0.0569. The molecule has 1 aromatic heterocycles. The average Bonchev–Trinajstić information content (AvgIpc) is 3.02. The van der Waals surface area contributed by atoms with E-state index >= 15 is 0 Å². The first-order chi connectivity index (χ1) is 15.3. The lowest BCUT2D eigenvalue weighted by atomic mass is 10.1. The Kier molecular flexibility index (Phi) is 7.87. The van der Waals surface area contributed by atoms with Crippen molar-refractivity contribution < 1.29 is 18.0 Å². The molecule has 1 saturated heterocycles. The lowest BCUT2D eigenvalue weighted by Gasteiger charge is -2.24. The van der Waals surface area contributed by atoms with Crippen LogP contribution in [0, 0.1) is 0 Å². The van der Waals surface area contributed by atoms with Gasteiger partial charge in [0.2, 0.25) is 5.91 Å². The molecule has 172 valence electrons. The number of hydrogen-bond donors (Lipinski definition) is 2. The van der Waals surface area contributed by atoms with Gasteiger partial charge in [0.15, 0.2) is 5.03 Å². The fourth-order valence-corrected chi connectivity index (χ4v) is 5.57. The van der Waals surface area contributed by atoms with E-state index in [4.69, 9.17) is 0 Å². The minimum atomic E-state index is -3.83. The van der Waals surface area contributed by atoms with Crippen molar-refractivity contribution in [2.75, 3.05) is 19.6 Å².